The Kier molecular flexibility index (Phi) is 8.57. The highest BCUT2D eigenvalue weighted by Gasteiger charge is 2.51. The maximum absolute atomic E-state index is 13.6. The van der Waals surface area contributed by atoms with E-state index >= 15 is 0 Å². The van der Waals surface area contributed by atoms with E-state index in [9.17, 15) is 19.8 Å². The molecule has 45 heavy (non-hydrogen) atoms. The molecule has 4 atom stereocenters. The van der Waals surface area contributed by atoms with Crippen LogP contribution in [0.3, 0.4) is 0 Å². The van der Waals surface area contributed by atoms with Crippen molar-refractivity contribution in [2.75, 3.05) is 28.1 Å². The molecule has 0 amide bonds. The molecule has 2 N–H and O–H groups in total. The summed E-state index contributed by atoms with van der Waals surface area (Å²) in [6.45, 7) is 6.37. The van der Waals surface area contributed by atoms with E-state index in [4.69, 9.17) is 33.2 Å². The normalized spacial score (nSPS) is 21.9. The van der Waals surface area contributed by atoms with Gasteiger partial charge in [0.15, 0.2) is 29.1 Å². The number of aromatic hydroxyl groups is 1. The molecule has 3 aromatic carbocycles. The van der Waals surface area contributed by atoms with Crippen LogP contribution >= 0.6 is 0 Å². The van der Waals surface area contributed by atoms with E-state index in [0.29, 0.717) is 16.9 Å². The number of carbonyl (C=O) groups excluding carboxylic acids is 2. The molecule has 5 rings (SSSR count). The second kappa shape index (κ2) is 12.2. The highest BCUT2D eigenvalue weighted by molar-refractivity contribution is 5.92. The number of hydrogen-bond acceptors (Lipinski definition) is 11. The van der Waals surface area contributed by atoms with Crippen molar-refractivity contribution in [2.24, 2.45) is 5.92 Å². The Morgan fingerprint density at radius 2 is 1.64 bits per heavy atom. The molecule has 11 heteroatoms. The van der Waals surface area contributed by atoms with Crippen LogP contribution < -0.4 is 23.7 Å². The predicted octanol–water partition coefficient (Wildman–Crippen LogP) is 5.66. The fraction of sp³-hybridized carbons (Fsp3) is 0.353. The van der Waals surface area contributed by atoms with Gasteiger partial charge in [-0.15, -0.1) is 0 Å². The highest BCUT2D eigenvalue weighted by atomic mass is 16.7. The molecule has 1 aliphatic heterocycles. The molecule has 1 heterocycles. The molecular weight excluding hydrogens is 584 g/mol. The number of carbonyl (C=O) groups is 2. The number of allylic oxidation sites excluding steroid dienone is 1. The van der Waals surface area contributed by atoms with Crippen molar-refractivity contribution in [2.45, 2.75) is 45.5 Å². The van der Waals surface area contributed by atoms with Gasteiger partial charge in [-0.2, -0.15) is 0 Å². The van der Waals surface area contributed by atoms with Crippen LogP contribution in [0.5, 0.6) is 34.5 Å². The summed E-state index contributed by atoms with van der Waals surface area (Å²) in [4.78, 5) is 26.9. The lowest BCUT2D eigenvalue weighted by molar-refractivity contribution is -0.165. The average molecular weight is 621 g/mol. The van der Waals surface area contributed by atoms with Crippen molar-refractivity contribution in [3.8, 4) is 45.6 Å². The van der Waals surface area contributed by atoms with Gasteiger partial charge in [-0.25, -0.2) is 9.59 Å². The summed E-state index contributed by atoms with van der Waals surface area (Å²) >= 11 is 0. The number of aliphatic hydroxyl groups is 1. The van der Waals surface area contributed by atoms with Crippen molar-refractivity contribution in [1.29, 1.82) is 0 Å². The molecule has 0 saturated carbocycles. The van der Waals surface area contributed by atoms with Crippen LogP contribution in [0.25, 0.3) is 11.1 Å². The minimum atomic E-state index is -1.92. The van der Waals surface area contributed by atoms with E-state index in [1.807, 2.05) is 0 Å². The number of methoxy groups -OCH3 is 3. The number of esters is 2. The summed E-state index contributed by atoms with van der Waals surface area (Å²) in [5, 5.41) is 24.3. The fourth-order valence-electron chi connectivity index (χ4n) is 5.73. The molecule has 0 saturated heterocycles. The lowest BCUT2D eigenvalue weighted by Crippen LogP contribution is -2.46. The quantitative estimate of drug-likeness (QED) is 0.250. The first kappa shape index (κ1) is 31.5. The minimum Gasteiger partial charge on any atom is -0.504 e. The Morgan fingerprint density at radius 1 is 0.956 bits per heavy atom. The Labute approximate surface area is 260 Å². The molecule has 1 aliphatic carbocycles. The molecule has 0 unspecified atom stereocenters. The zero-order chi connectivity index (χ0) is 32.6. The van der Waals surface area contributed by atoms with Gasteiger partial charge in [-0.3, -0.25) is 0 Å². The number of rotatable bonds is 7. The van der Waals surface area contributed by atoms with Gasteiger partial charge in [0.05, 0.1) is 26.9 Å². The van der Waals surface area contributed by atoms with E-state index in [1.54, 1.807) is 63.2 Å². The van der Waals surface area contributed by atoms with Crippen LogP contribution in [0.2, 0.25) is 0 Å². The number of benzene rings is 3. The summed E-state index contributed by atoms with van der Waals surface area (Å²) < 4.78 is 40.7. The van der Waals surface area contributed by atoms with Gasteiger partial charge in [0, 0.05) is 33.7 Å². The maximum atomic E-state index is 13.6. The van der Waals surface area contributed by atoms with Crippen molar-refractivity contribution < 1.29 is 53.0 Å². The lowest BCUT2D eigenvalue weighted by Gasteiger charge is -2.43. The van der Waals surface area contributed by atoms with Crippen LogP contribution in [0.1, 0.15) is 61.4 Å². The van der Waals surface area contributed by atoms with Gasteiger partial charge in [-0.05, 0) is 45.0 Å². The third-order valence-electron chi connectivity index (χ3n) is 8.50. The number of ether oxygens (including phenoxy) is 7. The second-order valence-corrected chi connectivity index (χ2v) is 11.0. The highest BCUT2D eigenvalue weighted by Crippen LogP contribution is 2.61. The van der Waals surface area contributed by atoms with E-state index in [0.717, 1.165) is 0 Å². The summed E-state index contributed by atoms with van der Waals surface area (Å²) in [7, 11) is 4.18. The van der Waals surface area contributed by atoms with Crippen LogP contribution in [-0.2, 0) is 14.3 Å². The molecule has 0 aromatic heterocycles. The Morgan fingerprint density at radius 3 is 2.27 bits per heavy atom. The van der Waals surface area contributed by atoms with Crippen LogP contribution in [0.4, 0.5) is 0 Å². The minimum absolute atomic E-state index is 0.0263. The Hall–Kier alpha value is -4.90. The van der Waals surface area contributed by atoms with E-state index in [2.05, 4.69) is 0 Å². The molecule has 11 nitrogen and oxygen atoms in total. The predicted molar refractivity (Wildman–Crippen MR) is 162 cm³/mol. The molecule has 0 spiro atoms. The summed E-state index contributed by atoms with van der Waals surface area (Å²) in [5.41, 5.74) is -0.478. The van der Waals surface area contributed by atoms with E-state index in [-0.39, 0.29) is 52.0 Å². The van der Waals surface area contributed by atoms with Crippen LogP contribution in [-0.4, -0.2) is 55.9 Å². The molecule has 3 aromatic rings. The standard InChI is InChI=1S/C34H36O11/c1-8-17(2)32(36)44-27-18(3)34(4,38)31(45-33(37)19-12-10-9-11-13-19)21-15-22(39-5)28(40-6)26(35)24(21)25-20(27)14-23-29(30(25)41-7)43-16-42-23/h8-15,18,27,31,35,38H,16H2,1-7H3/t18-,27+,31-,34-/m0/s1. The molecule has 0 bridgehead atoms. The van der Waals surface area contributed by atoms with Crippen LogP contribution in [0, 0.1) is 5.92 Å². The zero-order valence-corrected chi connectivity index (χ0v) is 26.1. The number of phenols is 1. The maximum Gasteiger partial charge on any atom is 0.338 e. The Balaban J connectivity index is 1.90. The monoisotopic (exact) mass is 620 g/mol. The Bertz CT molecular complexity index is 1660. The summed E-state index contributed by atoms with van der Waals surface area (Å²) in [5.74, 6) is -1.87. The first-order valence-corrected chi connectivity index (χ1v) is 14.3. The third kappa shape index (κ3) is 5.27. The van der Waals surface area contributed by atoms with Gasteiger partial charge in [0.2, 0.25) is 18.3 Å². The number of fused-ring (bicyclic) bond motifs is 4. The van der Waals surface area contributed by atoms with Gasteiger partial charge < -0.3 is 43.4 Å². The largest absolute Gasteiger partial charge is 0.504 e. The third-order valence-corrected chi connectivity index (χ3v) is 8.50. The van der Waals surface area contributed by atoms with Crippen molar-refractivity contribution in [3.63, 3.8) is 0 Å². The van der Waals surface area contributed by atoms with Crippen molar-refractivity contribution in [3.05, 3.63) is 70.8 Å². The molecule has 0 radical (unpaired) electrons. The first-order chi connectivity index (χ1) is 21.5. The fourth-order valence-corrected chi connectivity index (χ4v) is 5.73. The van der Waals surface area contributed by atoms with Gasteiger partial charge in [-0.1, -0.05) is 31.2 Å². The van der Waals surface area contributed by atoms with E-state index in [1.165, 1.54) is 34.3 Å². The van der Waals surface area contributed by atoms with Gasteiger partial charge in [0.1, 0.15) is 11.7 Å². The average Bonchev–Trinajstić information content (AvgIpc) is 3.52. The number of hydrogen-bond donors (Lipinski definition) is 2. The van der Waals surface area contributed by atoms with Gasteiger partial charge in [0.25, 0.3) is 0 Å². The summed E-state index contributed by atoms with van der Waals surface area (Å²) in [6, 6.07) is 11.5. The van der Waals surface area contributed by atoms with Gasteiger partial charge >= 0.3 is 11.9 Å². The number of phenolic OH excluding ortho intramolecular Hbond substituents is 1. The lowest BCUT2D eigenvalue weighted by atomic mass is 9.71. The van der Waals surface area contributed by atoms with E-state index < -0.39 is 41.4 Å². The SMILES string of the molecule is CC=C(C)C(=O)O[C@H]1c2cc3c(c(OC)c2-c2c(cc(OC)c(OC)c2O)[C@H](OC(=O)c2ccccc2)[C@@](C)(O)[C@H]1C)OCO3. The summed E-state index contributed by atoms with van der Waals surface area (Å²) in [6.07, 6.45) is -0.995. The van der Waals surface area contributed by atoms with Crippen molar-refractivity contribution >= 4 is 11.9 Å². The van der Waals surface area contributed by atoms with Crippen LogP contribution in [0.15, 0.2) is 54.1 Å². The second-order valence-electron chi connectivity index (χ2n) is 11.0. The topological polar surface area (TPSA) is 139 Å². The zero-order valence-electron chi connectivity index (χ0n) is 26.1. The molecule has 0 fully saturated rings. The smallest absolute Gasteiger partial charge is 0.338 e. The molecular formula is C34H36O11. The molecule has 2 aliphatic rings. The first-order valence-electron chi connectivity index (χ1n) is 14.3. The molecule has 238 valence electrons. The van der Waals surface area contributed by atoms with Crippen molar-refractivity contribution in [1.82, 2.24) is 0 Å².